The first kappa shape index (κ1) is 22.4. The monoisotopic (exact) mass is 414 g/mol. The Morgan fingerprint density at radius 2 is 1.87 bits per heavy atom. The molecule has 2 atom stereocenters. The predicted molar refractivity (Wildman–Crippen MR) is 116 cm³/mol. The van der Waals surface area contributed by atoms with E-state index in [0.717, 1.165) is 5.56 Å². The summed E-state index contributed by atoms with van der Waals surface area (Å²) in [7, 11) is 0. The van der Waals surface area contributed by atoms with Gasteiger partial charge in [0, 0.05) is 38.2 Å². The van der Waals surface area contributed by atoms with Gasteiger partial charge >= 0.3 is 0 Å². The molecule has 0 saturated carbocycles. The normalized spacial score (nSPS) is 17.3. The van der Waals surface area contributed by atoms with E-state index in [-0.39, 0.29) is 11.9 Å². The first-order valence-corrected chi connectivity index (χ1v) is 10.5. The van der Waals surface area contributed by atoms with Crippen LogP contribution >= 0.6 is 0 Å². The second-order valence-corrected chi connectivity index (χ2v) is 8.21. The molecule has 0 radical (unpaired) electrons. The van der Waals surface area contributed by atoms with Gasteiger partial charge in [0.2, 0.25) is 0 Å². The number of halogens is 1. The molecule has 0 aliphatic carbocycles. The van der Waals surface area contributed by atoms with E-state index < -0.39 is 6.10 Å². The highest BCUT2D eigenvalue weighted by Crippen LogP contribution is 2.20. The molecule has 5 nitrogen and oxygen atoms in total. The molecule has 2 aromatic carbocycles. The molecule has 0 bridgehead atoms. The number of aliphatic hydroxyl groups is 1. The van der Waals surface area contributed by atoms with E-state index in [1.54, 1.807) is 18.2 Å². The predicted octanol–water partition coefficient (Wildman–Crippen LogP) is 3.85. The first-order chi connectivity index (χ1) is 14.5. The second kappa shape index (κ2) is 11.2. The smallest absolute Gasteiger partial charge is 0.145 e. The van der Waals surface area contributed by atoms with Gasteiger partial charge in [-0.15, -0.1) is 0 Å². The zero-order valence-electron chi connectivity index (χ0n) is 17.7. The Kier molecular flexibility index (Phi) is 8.37. The number of rotatable bonds is 11. The average molecular weight is 415 g/mol. The highest BCUT2D eigenvalue weighted by molar-refractivity contribution is 6.01. The fraction of sp³-hybridized carbons (Fsp3) is 0.458. The molecule has 3 rings (SSSR count). The minimum atomic E-state index is -0.596. The molecule has 2 aromatic rings. The summed E-state index contributed by atoms with van der Waals surface area (Å²) in [6.45, 7) is 6.81. The Bertz CT molecular complexity index is 813. The maximum atomic E-state index is 14.1. The van der Waals surface area contributed by atoms with Gasteiger partial charge in [-0.2, -0.15) is 0 Å². The van der Waals surface area contributed by atoms with Gasteiger partial charge in [0.1, 0.15) is 11.9 Å². The highest BCUT2D eigenvalue weighted by Gasteiger charge is 2.27. The van der Waals surface area contributed by atoms with Crippen molar-refractivity contribution < 1.29 is 19.1 Å². The van der Waals surface area contributed by atoms with Crippen molar-refractivity contribution in [3.63, 3.8) is 0 Å². The van der Waals surface area contributed by atoms with Gasteiger partial charge in [-0.25, -0.2) is 4.39 Å². The van der Waals surface area contributed by atoms with Crippen LogP contribution in [0.4, 0.5) is 4.39 Å². The van der Waals surface area contributed by atoms with Crippen molar-refractivity contribution >= 4 is 5.71 Å². The maximum absolute atomic E-state index is 14.1. The summed E-state index contributed by atoms with van der Waals surface area (Å²) < 4.78 is 19.7. The largest absolute Gasteiger partial charge is 0.390 e. The number of hydrogen-bond acceptors (Lipinski definition) is 5. The molecular formula is C24H31FN2O3. The maximum Gasteiger partial charge on any atom is 0.145 e. The van der Waals surface area contributed by atoms with Crippen LogP contribution in [-0.4, -0.2) is 54.2 Å². The second-order valence-electron chi connectivity index (χ2n) is 8.21. The van der Waals surface area contributed by atoms with Gasteiger partial charge < -0.3 is 14.7 Å². The molecule has 1 N–H and O–H groups in total. The zero-order chi connectivity index (χ0) is 21.3. The van der Waals surface area contributed by atoms with E-state index >= 15 is 0 Å². The molecule has 0 unspecified atom stereocenters. The van der Waals surface area contributed by atoms with Crippen molar-refractivity contribution in [2.75, 3.05) is 26.3 Å². The van der Waals surface area contributed by atoms with Crippen molar-refractivity contribution in [3.05, 3.63) is 71.5 Å². The van der Waals surface area contributed by atoms with E-state index in [0.29, 0.717) is 56.5 Å². The van der Waals surface area contributed by atoms with Crippen LogP contribution in [0.25, 0.3) is 0 Å². The summed E-state index contributed by atoms with van der Waals surface area (Å²) in [6.07, 6.45) is -0.250. The van der Waals surface area contributed by atoms with Gasteiger partial charge in [0.05, 0.1) is 18.4 Å². The summed E-state index contributed by atoms with van der Waals surface area (Å²) in [5, 5.41) is 14.6. The summed E-state index contributed by atoms with van der Waals surface area (Å²) in [5.74, 6) is 0.137. The van der Waals surface area contributed by atoms with Gasteiger partial charge in [0.15, 0.2) is 0 Å². The van der Waals surface area contributed by atoms with Crippen LogP contribution in [0.15, 0.2) is 59.8 Å². The van der Waals surface area contributed by atoms with Crippen LogP contribution in [-0.2, 0) is 16.1 Å². The minimum absolute atomic E-state index is 0.188. The van der Waals surface area contributed by atoms with Crippen LogP contribution < -0.4 is 0 Å². The molecular weight excluding hydrogens is 383 g/mol. The van der Waals surface area contributed by atoms with Gasteiger partial charge in [-0.3, -0.25) is 4.90 Å². The molecule has 0 aromatic heterocycles. The average Bonchev–Trinajstić information content (AvgIpc) is 3.17. The minimum Gasteiger partial charge on any atom is -0.390 e. The topological polar surface area (TPSA) is 54.3 Å². The number of ether oxygens (including phenoxy) is 1. The van der Waals surface area contributed by atoms with Crippen LogP contribution in [0.2, 0.25) is 0 Å². The van der Waals surface area contributed by atoms with E-state index in [2.05, 4.69) is 36.0 Å². The van der Waals surface area contributed by atoms with Crippen molar-refractivity contribution in [3.8, 4) is 0 Å². The van der Waals surface area contributed by atoms with Crippen LogP contribution in [0.1, 0.15) is 31.4 Å². The lowest BCUT2D eigenvalue weighted by molar-refractivity contribution is -0.00734. The van der Waals surface area contributed by atoms with Gasteiger partial charge in [-0.05, 0) is 17.5 Å². The highest BCUT2D eigenvalue weighted by atomic mass is 19.1. The zero-order valence-corrected chi connectivity index (χ0v) is 17.7. The fourth-order valence-electron chi connectivity index (χ4n) is 3.50. The first-order valence-electron chi connectivity index (χ1n) is 10.5. The third-order valence-corrected chi connectivity index (χ3v) is 4.86. The van der Waals surface area contributed by atoms with Crippen LogP contribution in [0.3, 0.4) is 0 Å². The molecule has 6 heteroatoms. The Hall–Kier alpha value is -2.28. The third kappa shape index (κ3) is 6.90. The van der Waals surface area contributed by atoms with Gasteiger partial charge in [0.25, 0.3) is 0 Å². The quantitative estimate of drug-likeness (QED) is 0.607. The Morgan fingerprint density at radius 1 is 1.13 bits per heavy atom. The Balaban J connectivity index is 1.59. The lowest BCUT2D eigenvalue weighted by atomic mass is 10.0. The molecule has 30 heavy (non-hydrogen) atoms. The number of hydrogen-bond donors (Lipinski definition) is 1. The molecule has 0 fully saturated rings. The molecule has 1 heterocycles. The van der Waals surface area contributed by atoms with E-state index in [1.807, 2.05) is 18.2 Å². The number of oxime groups is 1. The van der Waals surface area contributed by atoms with E-state index in [9.17, 15) is 9.50 Å². The third-order valence-electron chi connectivity index (χ3n) is 4.86. The molecule has 1 aliphatic rings. The van der Waals surface area contributed by atoms with Crippen LogP contribution in [0.5, 0.6) is 0 Å². The number of nitrogens with zero attached hydrogens (tertiary/aromatic N) is 2. The molecule has 0 saturated heterocycles. The van der Waals surface area contributed by atoms with Crippen molar-refractivity contribution in [2.24, 2.45) is 11.1 Å². The summed E-state index contributed by atoms with van der Waals surface area (Å²) in [5.41, 5.74) is 2.26. The number of benzene rings is 2. The molecule has 0 amide bonds. The summed E-state index contributed by atoms with van der Waals surface area (Å²) in [4.78, 5) is 7.75. The van der Waals surface area contributed by atoms with Crippen molar-refractivity contribution in [1.82, 2.24) is 4.90 Å². The summed E-state index contributed by atoms with van der Waals surface area (Å²) >= 11 is 0. The molecule has 162 valence electrons. The van der Waals surface area contributed by atoms with Crippen molar-refractivity contribution in [1.29, 1.82) is 0 Å². The van der Waals surface area contributed by atoms with Crippen LogP contribution in [0, 0.1) is 11.7 Å². The lowest BCUT2D eigenvalue weighted by Crippen LogP contribution is -2.39. The van der Waals surface area contributed by atoms with E-state index in [1.165, 1.54) is 6.07 Å². The SMILES string of the molecule is CC(C)COC[C@H](O)CN(Cc1ccccc1)C[C@H]1CC(c2ccccc2F)=NO1. The lowest BCUT2D eigenvalue weighted by Gasteiger charge is -2.27. The van der Waals surface area contributed by atoms with E-state index in [4.69, 9.17) is 9.57 Å². The van der Waals surface area contributed by atoms with Gasteiger partial charge in [-0.1, -0.05) is 67.5 Å². The molecule has 0 spiro atoms. The molecule has 1 aliphatic heterocycles. The fourth-order valence-corrected chi connectivity index (χ4v) is 3.50. The Morgan fingerprint density at radius 3 is 2.60 bits per heavy atom. The number of aliphatic hydroxyl groups excluding tert-OH is 1. The Labute approximate surface area is 178 Å². The van der Waals surface area contributed by atoms with Crippen molar-refractivity contribution in [2.45, 2.75) is 39.0 Å². The standard InChI is InChI=1S/C24H31FN2O3/c1-18(2)16-29-17-20(28)14-27(13-19-8-4-3-5-9-19)15-21-12-24(26-30-21)22-10-6-7-11-23(22)25/h3-11,18,20-21,28H,12-17H2,1-2H3/t20-,21-/m1/s1. The summed E-state index contributed by atoms with van der Waals surface area (Å²) in [6, 6.07) is 16.7.